The molecular weight excluding hydrogens is 422 g/mol. The molecule has 160 valence electrons. The zero-order chi connectivity index (χ0) is 22.1. The molecule has 0 aliphatic rings. The van der Waals surface area contributed by atoms with Crippen molar-refractivity contribution >= 4 is 21.6 Å². The lowest BCUT2D eigenvalue weighted by Gasteiger charge is -2.11. The highest BCUT2D eigenvalue weighted by Gasteiger charge is 2.19. The lowest BCUT2D eigenvalue weighted by molar-refractivity contribution is 0.581. The standard InChI is InChI=1S/C22H26ClN3O3S/c1-15(2)21-16(3)25(4)26(22(21)27)18-9-11-19(12-10-18)30(28,29)24-14-13-17-7-5-6-8-20(17)23/h5-12,15,24H,13-14H2,1-4H3. The maximum absolute atomic E-state index is 12.8. The molecular formula is C22H26ClN3O3S. The van der Waals surface area contributed by atoms with E-state index in [1.807, 2.05) is 46.0 Å². The van der Waals surface area contributed by atoms with Crippen molar-refractivity contribution in [1.82, 2.24) is 14.1 Å². The third kappa shape index (κ3) is 4.38. The molecule has 0 bridgehead atoms. The highest BCUT2D eigenvalue weighted by atomic mass is 35.5. The Bertz CT molecular complexity index is 1210. The molecule has 0 fully saturated rings. The maximum atomic E-state index is 12.8. The Kier molecular flexibility index (Phi) is 6.55. The Hall–Kier alpha value is -2.35. The zero-order valence-electron chi connectivity index (χ0n) is 17.5. The van der Waals surface area contributed by atoms with Crippen LogP contribution in [0.2, 0.25) is 5.02 Å². The van der Waals surface area contributed by atoms with Crippen molar-refractivity contribution in [1.29, 1.82) is 0 Å². The van der Waals surface area contributed by atoms with Crippen LogP contribution in [0.25, 0.3) is 5.69 Å². The minimum absolute atomic E-state index is 0.0847. The van der Waals surface area contributed by atoms with Gasteiger partial charge in [0.2, 0.25) is 10.0 Å². The molecule has 0 saturated heterocycles. The average molecular weight is 448 g/mol. The van der Waals surface area contributed by atoms with Crippen molar-refractivity contribution in [2.24, 2.45) is 7.05 Å². The van der Waals surface area contributed by atoms with Crippen LogP contribution in [0.5, 0.6) is 0 Å². The summed E-state index contributed by atoms with van der Waals surface area (Å²) in [6, 6.07) is 13.7. The van der Waals surface area contributed by atoms with Gasteiger partial charge in [0.1, 0.15) is 0 Å². The Balaban J connectivity index is 1.79. The Morgan fingerprint density at radius 3 is 2.27 bits per heavy atom. The van der Waals surface area contributed by atoms with Crippen molar-refractivity contribution in [2.75, 3.05) is 6.54 Å². The van der Waals surface area contributed by atoms with Crippen LogP contribution in [-0.2, 0) is 23.5 Å². The number of rotatable bonds is 7. The molecule has 0 aliphatic heterocycles. The van der Waals surface area contributed by atoms with Gasteiger partial charge in [-0.15, -0.1) is 0 Å². The molecule has 0 aliphatic carbocycles. The molecule has 0 spiro atoms. The smallest absolute Gasteiger partial charge is 0.275 e. The van der Waals surface area contributed by atoms with E-state index >= 15 is 0 Å². The van der Waals surface area contributed by atoms with Crippen LogP contribution < -0.4 is 10.3 Å². The fourth-order valence-electron chi connectivity index (χ4n) is 3.56. The van der Waals surface area contributed by atoms with E-state index < -0.39 is 10.0 Å². The molecule has 30 heavy (non-hydrogen) atoms. The number of benzene rings is 2. The number of nitrogens with zero attached hydrogens (tertiary/aromatic N) is 2. The quantitative estimate of drug-likeness (QED) is 0.599. The molecule has 2 aromatic carbocycles. The second-order valence-electron chi connectivity index (χ2n) is 7.53. The van der Waals surface area contributed by atoms with Crippen LogP contribution in [0.1, 0.15) is 36.6 Å². The van der Waals surface area contributed by atoms with Gasteiger partial charge < -0.3 is 0 Å². The van der Waals surface area contributed by atoms with Crippen LogP contribution in [-0.4, -0.2) is 24.3 Å². The van der Waals surface area contributed by atoms with E-state index in [0.29, 0.717) is 17.1 Å². The van der Waals surface area contributed by atoms with Crippen LogP contribution in [0.15, 0.2) is 58.2 Å². The summed E-state index contributed by atoms with van der Waals surface area (Å²) in [5.41, 5.74) is 3.07. The van der Waals surface area contributed by atoms with E-state index in [1.54, 1.807) is 27.6 Å². The van der Waals surface area contributed by atoms with Gasteiger partial charge in [-0.05, 0) is 55.2 Å². The van der Waals surface area contributed by atoms with E-state index in [2.05, 4.69) is 4.72 Å². The maximum Gasteiger partial charge on any atom is 0.275 e. The molecule has 0 atom stereocenters. The van der Waals surface area contributed by atoms with Crippen LogP contribution in [0, 0.1) is 6.92 Å². The largest absolute Gasteiger partial charge is 0.285 e. The second-order valence-corrected chi connectivity index (χ2v) is 9.70. The van der Waals surface area contributed by atoms with E-state index in [1.165, 1.54) is 12.1 Å². The van der Waals surface area contributed by atoms with Crippen molar-refractivity contribution in [3.8, 4) is 5.69 Å². The Labute approximate surface area is 182 Å². The molecule has 8 heteroatoms. The molecule has 0 amide bonds. The van der Waals surface area contributed by atoms with E-state index in [-0.39, 0.29) is 22.9 Å². The summed E-state index contributed by atoms with van der Waals surface area (Å²) in [5.74, 6) is 0.104. The number of sulfonamides is 1. The van der Waals surface area contributed by atoms with Gasteiger partial charge in [0.15, 0.2) is 0 Å². The molecule has 6 nitrogen and oxygen atoms in total. The normalized spacial score (nSPS) is 11.9. The molecule has 3 aromatic rings. The molecule has 1 heterocycles. The Morgan fingerprint density at radius 2 is 1.70 bits per heavy atom. The fraction of sp³-hybridized carbons (Fsp3) is 0.318. The predicted molar refractivity (Wildman–Crippen MR) is 120 cm³/mol. The highest BCUT2D eigenvalue weighted by molar-refractivity contribution is 7.89. The van der Waals surface area contributed by atoms with Crippen molar-refractivity contribution in [3.63, 3.8) is 0 Å². The fourth-order valence-corrected chi connectivity index (χ4v) is 4.82. The lowest BCUT2D eigenvalue weighted by atomic mass is 10.0. The molecule has 0 saturated carbocycles. The van der Waals surface area contributed by atoms with Gasteiger partial charge >= 0.3 is 0 Å². The molecule has 1 N–H and O–H groups in total. The average Bonchev–Trinajstić information content (AvgIpc) is 2.92. The first-order chi connectivity index (χ1) is 14.1. The monoisotopic (exact) mass is 447 g/mol. The van der Waals surface area contributed by atoms with Gasteiger partial charge in [-0.3, -0.25) is 9.48 Å². The minimum Gasteiger partial charge on any atom is -0.285 e. The van der Waals surface area contributed by atoms with Gasteiger partial charge in [0.25, 0.3) is 5.56 Å². The minimum atomic E-state index is -3.67. The first-order valence-corrected chi connectivity index (χ1v) is 11.6. The summed E-state index contributed by atoms with van der Waals surface area (Å²) in [6.45, 7) is 6.12. The number of aromatic nitrogens is 2. The summed E-state index contributed by atoms with van der Waals surface area (Å²) in [7, 11) is -1.84. The first-order valence-electron chi connectivity index (χ1n) is 9.75. The number of hydrogen-bond donors (Lipinski definition) is 1. The lowest BCUT2D eigenvalue weighted by Crippen LogP contribution is -2.26. The van der Waals surface area contributed by atoms with Crippen LogP contribution in [0.4, 0.5) is 0 Å². The van der Waals surface area contributed by atoms with Crippen molar-refractivity contribution < 1.29 is 8.42 Å². The molecule has 0 unspecified atom stereocenters. The van der Waals surface area contributed by atoms with Gasteiger partial charge in [0.05, 0.1) is 10.6 Å². The number of hydrogen-bond acceptors (Lipinski definition) is 3. The Morgan fingerprint density at radius 1 is 1.07 bits per heavy atom. The molecule has 1 aromatic heterocycles. The van der Waals surface area contributed by atoms with Gasteiger partial charge in [-0.1, -0.05) is 43.6 Å². The highest BCUT2D eigenvalue weighted by Crippen LogP contribution is 2.19. The van der Waals surface area contributed by atoms with Crippen LogP contribution >= 0.6 is 11.6 Å². The molecule has 0 radical (unpaired) electrons. The van der Waals surface area contributed by atoms with E-state index in [0.717, 1.165) is 16.8 Å². The predicted octanol–water partition coefficient (Wildman–Crippen LogP) is 3.78. The summed E-state index contributed by atoms with van der Waals surface area (Å²) in [5, 5.41) is 0.616. The summed E-state index contributed by atoms with van der Waals surface area (Å²) in [4.78, 5) is 13.0. The first kappa shape index (κ1) is 22.3. The zero-order valence-corrected chi connectivity index (χ0v) is 19.1. The third-order valence-electron chi connectivity index (χ3n) is 5.21. The third-order valence-corrected chi connectivity index (χ3v) is 7.06. The van der Waals surface area contributed by atoms with E-state index in [9.17, 15) is 13.2 Å². The number of nitrogens with one attached hydrogen (secondary N) is 1. The summed E-state index contributed by atoms with van der Waals surface area (Å²) < 4.78 is 31.2. The SMILES string of the molecule is Cc1c(C(C)C)c(=O)n(-c2ccc(S(=O)(=O)NCCc3ccccc3Cl)cc2)n1C. The van der Waals surface area contributed by atoms with Gasteiger partial charge in [-0.25, -0.2) is 17.8 Å². The van der Waals surface area contributed by atoms with Gasteiger partial charge in [0, 0.05) is 29.9 Å². The summed E-state index contributed by atoms with van der Waals surface area (Å²) >= 11 is 6.12. The number of halogens is 1. The van der Waals surface area contributed by atoms with Gasteiger partial charge in [-0.2, -0.15) is 0 Å². The topological polar surface area (TPSA) is 73.1 Å². The van der Waals surface area contributed by atoms with Crippen molar-refractivity contribution in [2.45, 2.75) is 38.0 Å². The van der Waals surface area contributed by atoms with E-state index in [4.69, 9.17) is 11.6 Å². The van der Waals surface area contributed by atoms with Crippen molar-refractivity contribution in [3.05, 3.63) is 80.7 Å². The molecule has 3 rings (SSSR count). The second kappa shape index (κ2) is 8.79. The van der Waals surface area contributed by atoms with Crippen LogP contribution in [0.3, 0.4) is 0 Å². The summed E-state index contributed by atoms with van der Waals surface area (Å²) in [6.07, 6.45) is 0.493.